The van der Waals surface area contributed by atoms with Crippen LogP contribution in [0.5, 0.6) is 23.0 Å². The Morgan fingerprint density at radius 2 is 1.84 bits per heavy atom. The molecule has 4 aromatic rings. The Balaban J connectivity index is 1.34. The molecule has 11 nitrogen and oxygen atoms in total. The zero-order valence-corrected chi connectivity index (χ0v) is 26.0. The quantitative estimate of drug-likeness (QED) is 0.225. The number of methoxy groups -OCH3 is 2. The SMILES string of the molecule is CCOc1cc(NC(=O)c2cc3c(cc2NC(=O)c2c(OC)ccc4nc(N5C(C)CC5COC)sc24)OCO3)ccc1C. The van der Waals surface area contributed by atoms with Gasteiger partial charge in [-0.2, -0.15) is 0 Å². The minimum absolute atomic E-state index is 0.0131. The van der Waals surface area contributed by atoms with Crippen molar-refractivity contribution in [2.45, 2.75) is 39.3 Å². The second-order valence-corrected chi connectivity index (χ2v) is 11.6. The van der Waals surface area contributed by atoms with Gasteiger partial charge >= 0.3 is 0 Å². The molecule has 2 N–H and O–H groups in total. The van der Waals surface area contributed by atoms with Crippen molar-refractivity contribution >= 4 is 49.9 Å². The Hall–Kier alpha value is -4.55. The summed E-state index contributed by atoms with van der Waals surface area (Å²) in [5, 5.41) is 6.67. The first-order valence-electron chi connectivity index (χ1n) is 14.4. The molecular weight excluding hydrogens is 584 g/mol. The van der Waals surface area contributed by atoms with E-state index < -0.39 is 11.8 Å². The first-order chi connectivity index (χ1) is 21.3. The molecule has 6 rings (SSSR count). The smallest absolute Gasteiger partial charge is 0.260 e. The van der Waals surface area contributed by atoms with E-state index in [-0.39, 0.29) is 24.1 Å². The molecule has 44 heavy (non-hydrogen) atoms. The lowest BCUT2D eigenvalue weighted by molar-refractivity contribution is 0.102. The van der Waals surface area contributed by atoms with E-state index in [1.54, 1.807) is 37.4 Å². The second kappa shape index (κ2) is 12.2. The van der Waals surface area contributed by atoms with E-state index in [0.717, 1.165) is 17.1 Å². The predicted molar refractivity (Wildman–Crippen MR) is 169 cm³/mol. The third-order valence-electron chi connectivity index (χ3n) is 7.77. The Kier molecular flexibility index (Phi) is 8.19. The lowest BCUT2D eigenvalue weighted by Crippen LogP contribution is -2.56. The minimum atomic E-state index is -0.449. The highest BCUT2D eigenvalue weighted by molar-refractivity contribution is 7.22. The predicted octanol–water partition coefficient (Wildman–Crippen LogP) is 5.86. The highest BCUT2D eigenvalue weighted by atomic mass is 32.1. The molecule has 2 aliphatic heterocycles. The number of hydrogen-bond acceptors (Lipinski definition) is 10. The number of aromatic nitrogens is 1. The van der Waals surface area contributed by atoms with Gasteiger partial charge in [-0.3, -0.25) is 9.59 Å². The molecule has 3 aromatic carbocycles. The van der Waals surface area contributed by atoms with Crippen molar-refractivity contribution in [3.05, 3.63) is 59.2 Å². The maximum atomic E-state index is 14.0. The van der Waals surface area contributed by atoms with Crippen LogP contribution < -0.4 is 34.5 Å². The van der Waals surface area contributed by atoms with E-state index in [0.29, 0.717) is 63.7 Å². The lowest BCUT2D eigenvalue weighted by atomic mass is 9.96. The number of nitrogens with zero attached hydrogens (tertiary/aromatic N) is 2. The van der Waals surface area contributed by atoms with Gasteiger partial charge in [-0.05, 0) is 57.0 Å². The monoisotopic (exact) mass is 618 g/mol. The van der Waals surface area contributed by atoms with Gasteiger partial charge in [-0.25, -0.2) is 4.98 Å². The molecule has 0 saturated carbocycles. The number of anilines is 3. The number of nitrogens with one attached hydrogen (secondary N) is 2. The Morgan fingerprint density at radius 1 is 1.05 bits per heavy atom. The average molecular weight is 619 g/mol. The number of thiazole rings is 1. The van der Waals surface area contributed by atoms with Crippen LogP contribution in [0.3, 0.4) is 0 Å². The van der Waals surface area contributed by atoms with Gasteiger partial charge in [0.25, 0.3) is 11.8 Å². The zero-order chi connectivity index (χ0) is 31.0. The van der Waals surface area contributed by atoms with Crippen LogP contribution in [-0.2, 0) is 4.74 Å². The number of hydrogen-bond donors (Lipinski definition) is 2. The summed E-state index contributed by atoms with van der Waals surface area (Å²) in [5.41, 5.74) is 2.97. The van der Waals surface area contributed by atoms with E-state index in [4.69, 9.17) is 28.7 Å². The summed E-state index contributed by atoms with van der Waals surface area (Å²) in [5.74, 6) is 1.01. The lowest BCUT2D eigenvalue weighted by Gasteiger charge is -2.46. The van der Waals surface area contributed by atoms with Crippen LogP contribution in [0.25, 0.3) is 10.2 Å². The summed E-state index contributed by atoms with van der Waals surface area (Å²) in [4.78, 5) is 34.7. The van der Waals surface area contributed by atoms with Gasteiger partial charge in [0.2, 0.25) is 6.79 Å². The molecule has 2 atom stereocenters. The molecule has 3 heterocycles. The number of ether oxygens (including phenoxy) is 5. The summed E-state index contributed by atoms with van der Waals surface area (Å²) in [6.07, 6.45) is 1.00. The molecule has 1 aromatic heterocycles. The van der Waals surface area contributed by atoms with Crippen LogP contribution >= 0.6 is 11.3 Å². The first-order valence-corrected chi connectivity index (χ1v) is 15.2. The van der Waals surface area contributed by atoms with Gasteiger partial charge < -0.3 is 39.2 Å². The van der Waals surface area contributed by atoms with Crippen molar-refractivity contribution in [1.82, 2.24) is 4.98 Å². The minimum Gasteiger partial charge on any atom is -0.496 e. The molecule has 230 valence electrons. The molecule has 0 aliphatic carbocycles. The van der Waals surface area contributed by atoms with Crippen molar-refractivity contribution in [3.8, 4) is 23.0 Å². The fourth-order valence-corrected chi connectivity index (χ4v) is 6.87. The topological polar surface area (TPSA) is 120 Å². The van der Waals surface area contributed by atoms with Crippen molar-refractivity contribution < 1.29 is 33.3 Å². The van der Waals surface area contributed by atoms with Gasteiger partial charge in [0.1, 0.15) is 17.1 Å². The highest BCUT2D eigenvalue weighted by Crippen LogP contribution is 2.42. The number of carbonyl (C=O) groups excluding carboxylic acids is 2. The molecular formula is C32H34N4O7S. The van der Waals surface area contributed by atoms with Gasteiger partial charge in [0.15, 0.2) is 16.6 Å². The Morgan fingerprint density at radius 3 is 2.57 bits per heavy atom. The maximum Gasteiger partial charge on any atom is 0.260 e. The average Bonchev–Trinajstić information content (AvgIpc) is 3.63. The summed E-state index contributed by atoms with van der Waals surface area (Å²) in [6.45, 7) is 7.09. The summed E-state index contributed by atoms with van der Waals surface area (Å²) in [6, 6.07) is 12.7. The number of rotatable bonds is 10. The van der Waals surface area contributed by atoms with Gasteiger partial charge in [-0.1, -0.05) is 17.4 Å². The largest absolute Gasteiger partial charge is 0.496 e. The Bertz CT molecular complexity index is 1740. The third-order valence-corrected chi connectivity index (χ3v) is 8.87. The number of aryl methyl sites for hydroxylation is 1. The third kappa shape index (κ3) is 5.46. The highest BCUT2D eigenvalue weighted by Gasteiger charge is 2.37. The van der Waals surface area contributed by atoms with E-state index in [1.165, 1.54) is 18.4 Å². The molecule has 0 spiro atoms. The fraction of sp³-hybridized carbons (Fsp3) is 0.344. The van der Waals surface area contributed by atoms with E-state index in [2.05, 4.69) is 22.5 Å². The van der Waals surface area contributed by atoms with E-state index in [1.807, 2.05) is 26.0 Å². The zero-order valence-electron chi connectivity index (χ0n) is 25.2. The fourth-order valence-electron chi connectivity index (χ4n) is 5.59. The Labute approximate surface area is 259 Å². The summed E-state index contributed by atoms with van der Waals surface area (Å²) >= 11 is 1.43. The van der Waals surface area contributed by atoms with Crippen LogP contribution in [0.4, 0.5) is 16.5 Å². The maximum absolute atomic E-state index is 14.0. The molecule has 2 unspecified atom stereocenters. The van der Waals surface area contributed by atoms with Crippen LogP contribution in [0.15, 0.2) is 42.5 Å². The molecule has 2 aliphatic rings. The van der Waals surface area contributed by atoms with Crippen LogP contribution in [0, 0.1) is 6.92 Å². The molecule has 12 heteroatoms. The standard InChI is InChI=1S/C32H34N4O7S/c1-6-41-25-12-19(8-7-17(25)2)33-30(37)21-13-26-27(43-16-42-26)14-23(21)34-31(38)28-24(40-5)10-9-22-29(28)44-32(35-22)36-18(3)11-20(36)15-39-4/h7-10,12-14,18,20H,6,11,15-16H2,1-5H3,(H,33,37)(H,34,38). The van der Waals surface area contributed by atoms with Crippen LogP contribution in [0.2, 0.25) is 0 Å². The van der Waals surface area contributed by atoms with Crippen molar-refractivity contribution in [3.63, 3.8) is 0 Å². The number of benzene rings is 3. The number of carbonyl (C=O) groups is 2. The van der Waals surface area contributed by atoms with Crippen LogP contribution in [-0.4, -0.2) is 63.1 Å². The normalized spacial score (nSPS) is 16.9. The summed E-state index contributed by atoms with van der Waals surface area (Å²) in [7, 11) is 3.21. The van der Waals surface area contributed by atoms with Gasteiger partial charge in [0.05, 0.1) is 47.8 Å². The van der Waals surface area contributed by atoms with Gasteiger partial charge in [-0.15, -0.1) is 0 Å². The second-order valence-electron chi connectivity index (χ2n) is 10.7. The molecule has 0 radical (unpaired) electrons. The molecule has 0 bridgehead atoms. The first kappa shape index (κ1) is 29.5. The molecule has 1 saturated heterocycles. The molecule has 1 fully saturated rings. The van der Waals surface area contributed by atoms with Crippen molar-refractivity contribution in [1.29, 1.82) is 0 Å². The van der Waals surface area contributed by atoms with Gasteiger partial charge in [0, 0.05) is 31.0 Å². The number of amides is 2. The van der Waals surface area contributed by atoms with E-state index >= 15 is 0 Å². The summed E-state index contributed by atoms with van der Waals surface area (Å²) < 4.78 is 28.5. The molecule has 2 amide bonds. The van der Waals surface area contributed by atoms with Crippen LogP contribution in [0.1, 0.15) is 46.5 Å². The number of fused-ring (bicyclic) bond motifs is 2. The van der Waals surface area contributed by atoms with Crippen molar-refractivity contribution in [2.75, 3.05) is 49.8 Å². The van der Waals surface area contributed by atoms with Crippen molar-refractivity contribution in [2.24, 2.45) is 0 Å². The van der Waals surface area contributed by atoms with E-state index in [9.17, 15) is 9.59 Å².